The third kappa shape index (κ3) is 60.9. The van der Waals surface area contributed by atoms with E-state index in [1.54, 1.807) is 0 Å². The highest BCUT2D eigenvalue weighted by Gasteiger charge is 2.20. The van der Waals surface area contributed by atoms with Gasteiger partial charge >= 0.3 is 5.97 Å². The van der Waals surface area contributed by atoms with Gasteiger partial charge < -0.3 is 20.3 Å². The molecule has 2 unspecified atom stereocenters. The summed E-state index contributed by atoms with van der Waals surface area (Å²) in [5, 5.41) is 23.2. The Labute approximate surface area is 467 Å². The molecule has 3 N–H and O–H groups in total. The Morgan fingerprint density at radius 2 is 0.680 bits per heavy atom. The highest BCUT2D eigenvalue weighted by molar-refractivity contribution is 5.76. The van der Waals surface area contributed by atoms with Crippen LogP contribution in [0.25, 0.3) is 0 Å². The van der Waals surface area contributed by atoms with Gasteiger partial charge in [-0.15, -0.1) is 0 Å². The van der Waals surface area contributed by atoms with E-state index in [1.807, 2.05) is 0 Å². The molecule has 0 aliphatic heterocycles. The fourth-order valence-electron chi connectivity index (χ4n) is 10.2. The van der Waals surface area contributed by atoms with Gasteiger partial charge in [-0.1, -0.05) is 306 Å². The Hall–Kier alpha value is -2.18. The second-order valence-electron chi connectivity index (χ2n) is 22.8. The SMILES string of the molecule is CCCC/C=C\C/C=C\CCCCCCCC(=O)OCCCCCCCCCCC/C=C\C/C=C\CCCCCCCCCCCCCCCCCCCC(=O)NC(CO)C(O)CCCCCCCCCCCCC. The molecule has 0 aromatic rings. The van der Waals surface area contributed by atoms with E-state index >= 15 is 0 Å². The number of esters is 1. The fourth-order valence-corrected chi connectivity index (χ4v) is 10.2. The topological polar surface area (TPSA) is 95.9 Å². The number of aliphatic hydroxyl groups is 2. The molecule has 0 aromatic carbocycles. The predicted octanol–water partition coefficient (Wildman–Crippen LogP) is 21.3. The number of aliphatic hydroxyl groups excluding tert-OH is 2. The van der Waals surface area contributed by atoms with Crippen LogP contribution in [0.15, 0.2) is 48.6 Å². The molecule has 1 amide bonds. The third-order valence-electron chi connectivity index (χ3n) is 15.4. The Morgan fingerprint density at radius 3 is 1.05 bits per heavy atom. The zero-order valence-electron chi connectivity index (χ0n) is 50.3. The quantitative estimate of drug-likeness (QED) is 0.0320. The van der Waals surface area contributed by atoms with Gasteiger partial charge in [-0.3, -0.25) is 9.59 Å². The molecule has 0 rings (SSSR count). The molecular formula is C69H129NO5. The van der Waals surface area contributed by atoms with Crippen LogP contribution in [0.2, 0.25) is 0 Å². The van der Waals surface area contributed by atoms with Crippen molar-refractivity contribution in [3.8, 4) is 0 Å². The standard InChI is InChI=1S/C69H129NO5/c1-3-5-7-9-11-13-15-16-39-43-47-51-55-59-63-69(74)75-64-60-56-52-48-44-40-37-35-33-31-29-27-25-23-21-19-17-18-20-22-24-26-28-30-32-34-36-38-42-46-50-54-58-62-68(73)70-66(65-71)67(72)61-57-53-49-45-41-14-12-10-8-6-4-2/h9,11,15-16,21,23,27,29,66-67,71-72H,3-8,10,12-14,17-20,22,24-26,28,30-65H2,1-2H3,(H,70,73)/b11-9-,16-15-,23-21-,29-27-. The molecule has 0 spiro atoms. The molecule has 0 heterocycles. The lowest BCUT2D eigenvalue weighted by Crippen LogP contribution is -2.45. The largest absolute Gasteiger partial charge is 0.466 e. The Bertz CT molecular complexity index is 1260. The van der Waals surface area contributed by atoms with Crippen molar-refractivity contribution in [2.45, 2.75) is 366 Å². The summed E-state index contributed by atoms with van der Waals surface area (Å²) in [5.41, 5.74) is 0. The highest BCUT2D eigenvalue weighted by Crippen LogP contribution is 2.18. The van der Waals surface area contributed by atoms with Crippen LogP contribution in [0.1, 0.15) is 354 Å². The van der Waals surface area contributed by atoms with Crippen molar-refractivity contribution in [1.82, 2.24) is 5.32 Å². The van der Waals surface area contributed by atoms with Gasteiger partial charge in [0.25, 0.3) is 0 Å². The summed E-state index contributed by atoms with van der Waals surface area (Å²) < 4.78 is 5.47. The number of amides is 1. The van der Waals surface area contributed by atoms with Crippen molar-refractivity contribution in [1.29, 1.82) is 0 Å². The molecule has 6 nitrogen and oxygen atoms in total. The molecular weight excluding hydrogens is 923 g/mol. The van der Waals surface area contributed by atoms with Crippen molar-refractivity contribution in [3.05, 3.63) is 48.6 Å². The van der Waals surface area contributed by atoms with Crippen molar-refractivity contribution in [2.24, 2.45) is 0 Å². The molecule has 0 saturated carbocycles. The summed E-state index contributed by atoms with van der Waals surface area (Å²) in [4.78, 5) is 24.5. The van der Waals surface area contributed by atoms with Crippen molar-refractivity contribution in [3.63, 3.8) is 0 Å². The number of allylic oxidation sites excluding steroid dienone is 8. The maximum atomic E-state index is 12.5. The summed E-state index contributed by atoms with van der Waals surface area (Å²) in [6.45, 7) is 4.91. The summed E-state index contributed by atoms with van der Waals surface area (Å²) in [6.07, 6.45) is 83.0. The van der Waals surface area contributed by atoms with Gasteiger partial charge in [0.05, 0.1) is 25.4 Å². The van der Waals surface area contributed by atoms with Crippen molar-refractivity contribution < 1.29 is 24.5 Å². The van der Waals surface area contributed by atoms with E-state index < -0.39 is 12.1 Å². The van der Waals surface area contributed by atoms with Gasteiger partial charge in [0, 0.05) is 12.8 Å². The van der Waals surface area contributed by atoms with Crippen LogP contribution in [-0.4, -0.2) is 47.4 Å². The summed E-state index contributed by atoms with van der Waals surface area (Å²) >= 11 is 0. The molecule has 0 saturated heterocycles. The van der Waals surface area contributed by atoms with E-state index in [2.05, 4.69) is 67.8 Å². The van der Waals surface area contributed by atoms with Gasteiger partial charge in [-0.25, -0.2) is 0 Å². The molecule has 440 valence electrons. The number of hydrogen-bond donors (Lipinski definition) is 3. The first-order valence-corrected chi connectivity index (χ1v) is 33.4. The zero-order chi connectivity index (χ0) is 54.3. The maximum absolute atomic E-state index is 12.5. The van der Waals surface area contributed by atoms with Crippen LogP contribution in [0.3, 0.4) is 0 Å². The average Bonchev–Trinajstić information content (AvgIpc) is 3.41. The van der Waals surface area contributed by atoms with Crippen LogP contribution in [0.5, 0.6) is 0 Å². The molecule has 0 aliphatic carbocycles. The lowest BCUT2D eigenvalue weighted by Gasteiger charge is -2.22. The second-order valence-corrected chi connectivity index (χ2v) is 22.8. The Kier molecular flexibility index (Phi) is 62.5. The van der Waals surface area contributed by atoms with E-state index in [9.17, 15) is 19.8 Å². The molecule has 0 aliphatic rings. The molecule has 6 heteroatoms. The predicted molar refractivity (Wildman–Crippen MR) is 329 cm³/mol. The summed E-state index contributed by atoms with van der Waals surface area (Å²) in [5.74, 6) is -0.0340. The molecule has 0 radical (unpaired) electrons. The summed E-state index contributed by atoms with van der Waals surface area (Å²) in [6, 6.07) is -0.539. The Balaban J connectivity index is 3.37. The zero-order valence-corrected chi connectivity index (χ0v) is 50.3. The van der Waals surface area contributed by atoms with E-state index in [0.29, 0.717) is 25.9 Å². The maximum Gasteiger partial charge on any atom is 0.305 e. The van der Waals surface area contributed by atoms with E-state index in [1.165, 1.54) is 263 Å². The van der Waals surface area contributed by atoms with Gasteiger partial charge in [-0.2, -0.15) is 0 Å². The van der Waals surface area contributed by atoms with Crippen LogP contribution < -0.4 is 5.32 Å². The molecule has 0 aromatic heterocycles. The minimum absolute atomic E-state index is 0.000710. The normalized spacial score (nSPS) is 12.9. The lowest BCUT2D eigenvalue weighted by molar-refractivity contribution is -0.143. The number of ether oxygens (including phenoxy) is 1. The number of unbranched alkanes of at least 4 members (excludes halogenated alkanes) is 43. The number of carbonyl (C=O) groups is 2. The van der Waals surface area contributed by atoms with Crippen LogP contribution in [0, 0.1) is 0 Å². The fraction of sp³-hybridized carbons (Fsp3) is 0.855. The molecule has 0 bridgehead atoms. The van der Waals surface area contributed by atoms with Gasteiger partial charge in [0.1, 0.15) is 0 Å². The van der Waals surface area contributed by atoms with Gasteiger partial charge in [-0.05, 0) is 83.5 Å². The smallest absolute Gasteiger partial charge is 0.305 e. The number of nitrogens with one attached hydrogen (secondary N) is 1. The second kappa shape index (κ2) is 64.3. The minimum Gasteiger partial charge on any atom is -0.466 e. The molecule has 0 fully saturated rings. The first-order valence-electron chi connectivity index (χ1n) is 33.4. The lowest BCUT2D eigenvalue weighted by atomic mass is 10.0. The first kappa shape index (κ1) is 72.8. The first-order chi connectivity index (χ1) is 37.0. The van der Waals surface area contributed by atoms with E-state index in [4.69, 9.17) is 4.74 Å². The molecule has 75 heavy (non-hydrogen) atoms. The third-order valence-corrected chi connectivity index (χ3v) is 15.4. The van der Waals surface area contributed by atoms with Crippen molar-refractivity contribution >= 4 is 11.9 Å². The van der Waals surface area contributed by atoms with E-state index in [-0.39, 0.29) is 18.5 Å². The van der Waals surface area contributed by atoms with Crippen LogP contribution in [0.4, 0.5) is 0 Å². The van der Waals surface area contributed by atoms with Crippen molar-refractivity contribution in [2.75, 3.05) is 13.2 Å². The van der Waals surface area contributed by atoms with Crippen LogP contribution >= 0.6 is 0 Å². The van der Waals surface area contributed by atoms with Gasteiger partial charge in [0.15, 0.2) is 0 Å². The Morgan fingerprint density at radius 1 is 0.373 bits per heavy atom. The number of hydrogen-bond acceptors (Lipinski definition) is 5. The monoisotopic (exact) mass is 1050 g/mol. The highest BCUT2D eigenvalue weighted by atomic mass is 16.5. The minimum atomic E-state index is -0.662. The molecule has 2 atom stereocenters. The summed E-state index contributed by atoms with van der Waals surface area (Å²) in [7, 11) is 0. The van der Waals surface area contributed by atoms with Crippen LogP contribution in [-0.2, 0) is 14.3 Å². The number of rotatable bonds is 62. The van der Waals surface area contributed by atoms with Gasteiger partial charge in [0.2, 0.25) is 5.91 Å². The van der Waals surface area contributed by atoms with E-state index in [0.717, 1.165) is 57.8 Å². The number of carbonyl (C=O) groups excluding carboxylic acids is 2. The average molecular weight is 1050 g/mol.